The summed E-state index contributed by atoms with van der Waals surface area (Å²) in [7, 11) is 0. The van der Waals surface area contributed by atoms with E-state index in [9.17, 15) is 14.4 Å². The summed E-state index contributed by atoms with van der Waals surface area (Å²) in [5.74, 6) is -1.33. The summed E-state index contributed by atoms with van der Waals surface area (Å²) in [5.41, 5.74) is 4.69. The lowest BCUT2D eigenvalue weighted by atomic mass is 9.85. The van der Waals surface area contributed by atoms with Gasteiger partial charge in [-0.05, 0) is 48.4 Å². The molecule has 1 saturated carbocycles. The fourth-order valence-corrected chi connectivity index (χ4v) is 5.04. The van der Waals surface area contributed by atoms with Crippen molar-refractivity contribution in [3.05, 3.63) is 59.7 Å². The van der Waals surface area contributed by atoms with Crippen molar-refractivity contribution in [2.75, 3.05) is 6.61 Å². The molecule has 0 spiro atoms. The van der Waals surface area contributed by atoms with Gasteiger partial charge in [0.05, 0.1) is 6.42 Å². The first-order valence-corrected chi connectivity index (χ1v) is 11.6. The summed E-state index contributed by atoms with van der Waals surface area (Å²) in [6.07, 6.45) is 2.28. The second-order valence-electron chi connectivity index (χ2n) is 9.04. The lowest BCUT2D eigenvalue weighted by molar-refractivity contribution is -0.137. The van der Waals surface area contributed by atoms with Crippen LogP contribution in [0.25, 0.3) is 11.1 Å². The molecule has 2 amide bonds. The van der Waals surface area contributed by atoms with E-state index in [2.05, 4.69) is 34.9 Å². The zero-order valence-electron chi connectivity index (χ0n) is 18.8. The highest BCUT2D eigenvalue weighted by molar-refractivity contribution is 5.80. The second kappa shape index (κ2) is 10.1. The van der Waals surface area contributed by atoms with Crippen molar-refractivity contribution in [3.8, 4) is 11.1 Å². The highest BCUT2D eigenvalue weighted by Crippen LogP contribution is 2.44. The fraction of sp³-hybridized carbons (Fsp3) is 0.423. The maximum atomic E-state index is 12.6. The molecule has 174 valence electrons. The molecule has 4 rings (SSSR count). The van der Waals surface area contributed by atoms with Crippen LogP contribution < -0.4 is 10.6 Å². The van der Waals surface area contributed by atoms with Crippen molar-refractivity contribution in [1.29, 1.82) is 0 Å². The van der Waals surface area contributed by atoms with E-state index in [1.807, 2.05) is 24.3 Å². The molecule has 2 aromatic carbocycles. The van der Waals surface area contributed by atoms with E-state index in [-0.39, 0.29) is 36.8 Å². The van der Waals surface area contributed by atoms with Crippen LogP contribution >= 0.6 is 0 Å². The highest BCUT2D eigenvalue weighted by Gasteiger charge is 2.31. The molecule has 0 aromatic heterocycles. The molecule has 0 aliphatic heterocycles. The Balaban J connectivity index is 1.30. The number of carboxylic acid groups (broad SMARTS) is 1. The Morgan fingerprint density at radius 1 is 1.03 bits per heavy atom. The van der Waals surface area contributed by atoms with Crippen LogP contribution in [0.4, 0.5) is 4.79 Å². The average Bonchev–Trinajstić information content (AvgIpc) is 3.11. The SMILES string of the molecule is C[C@H](CC(=O)O)NC(=O)[C@H]1CCC[C@@H](NC(=O)OCC2c3ccccc3-c3ccccc32)C1. The molecule has 2 aliphatic carbocycles. The van der Waals surface area contributed by atoms with Crippen LogP contribution in [0.2, 0.25) is 0 Å². The van der Waals surface area contributed by atoms with Crippen molar-refractivity contribution >= 4 is 18.0 Å². The molecule has 3 atom stereocenters. The van der Waals surface area contributed by atoms with Gasteiger partial charge in [0, 0.05) is 23.9 Å². The number of hydrogen-bond acceptors (Lipinski definition) is 4. The van der Waals surface area contributed by atoms with Crippen molar-refractivity contribution in [2.45, 2.75) is 57.0 Å². The van der Waals surface area contributed by atoms with E-state index in [4.69, 9.17) is 9.84 Å². The number of aliphatic carboxylic acids is 1. The van der Waals surface area contributed by atoms with Crippen LogP contribution in [-0.2, 0) is 14.3 Å². The molecule has 2 aromatic rings. The van der Waals surface area contributed by atoms with Gasteiger partial charge in [-0.1, -0.05) is 55.0 Å². The van der Waals surface area contributed by atoms with E-state index < -0.39 is 18.1 Å². The zero-order chi connectivity index (χ0) is 23.4. The summed E-state index contributed by atoms with van der Waals surface area (Å²) in [6, 6.07) is 15.8. The molecule has 0 saturated heterocycles. The standard InChI is InChI=1S/C26H30N2O5/c1-16(13-24(29)30)27-25(31)17-7-6-8-18(14-17)28-26(32)33-15-23-21-11-4-2-9-19(21)20-10-3-5-12-22(20)23/h2-5,9-12,16-18,23H,6-8,13-15H2,1H3,(H,27,31)(H,28,32)(H,29,30)/t16-,17+,18-/m1/s1. The summed E-state index contributed by atoms with van der Waals surface area (Å²) < 4.78 is 5.63. The number of benzene rings is 2. The first kappa shape index (κ1) is 22.8. The largest absolute Gasteiger partial charge is 0.481 e. The third-order valence-corrected chi connectivity index (χ3v) is 6.58. The van der Waals surface area contributed by atoms with E-state index >= 15 is 0 Å². The van der Waals surface area contributed by atoms with E-state index in [1.54, 1.807) is 6.92 Å². The predicted octanol–water partition coefficient (Wildman–Crippen LogP) is 4.06. The number of carbonyl (C=O) groups is 3. The van der Waals surface area contributed by atoms with Gasteiger partial charge in [0.1, 0.15) is 6.61 Å². The van der Waals surface area contributed by atoms with Gasteiger partial charge in [0.2, 0.25) is 5.91 Å². The van der Waals surface area contributed by atoms with Gasteiger partial charge < -0.3 is 20.5 Å². The fourth-order valence-electron chi connectivity index (χ4n) is 5.04. The topological polar surface area (TPSA) is 105 Å². The third-order valence-electron chi connectivity index (χ3n) is 6.58. The van der Waals surface area contributed by atoms with E-state index in [0.29, 0.717) is 6.42 Å². The first-order chi connectivity index (χ1) is 15.9. The first-order valence-electron chi connectivity index (χ1n) is 11.6. The van der Waals surface area contributed by atoms with Crippen LogP contribution in [0, 0.1) is 5.92 Å². The minimum atomic E-state index is -0.943. The molecular weight excluding hydrogens is 420 g/mol. The Labute approximate surface area is 193 Å². The molecule has 0 unspecified atom stereocenters. The van der Waals surface area contributed by atoms with E-state index in [1.165, 1.54) is 11.1 Å². The molecule has 7 nitrogen and oxygen atoms in total. The maximum Gasteiger partial charge on any atom is 0.407 e. The second-order valence-corrected chi connectivity index (χ2v) is 9.04. The molecule has 0 radical (unpaired) electrons. The smallest absolute Gasteiger partial charge is 0.407 e. The summed E-state index contributed by atoms with van der Waals surface area (Å²) in [5, 5.41) is 14.6. The number of rotatable bonds is 7. The van der Waals surface area contributed by atoms with Crippen LogP contribution in [0.3, 0.4) is 0 Å². The monoisotopic (exact) mass is 450 g/mol. The highest BCUT2D eigenvalue weighted by atomic mass is 16.5. The molecule has 7 heteroatoms. The van der Waals surface area contributed by atoms with Gasteiger partial charge in [-0.25, -0.2) is 4.79 Å². The number of amides is 2. The van der Waals surface area contributed by atoms with Gasteiger partial charge in [0.15, 0.2) is 0 Å². The van der Waals surface area contributed by atoms with Gasteiger partial charge in [-0.15, -0.1) is 0 Å². The number of ether oxygens (including phenoxy) is 1. The Morgan fingerprint density at radius 3 is 2.30 bits per heavy atom. The van der Waals surface area contributed by atoms with Crippen molar-refractivity contribution in [1.82, 2.24) is 10.6 Å². The van der Waals surface area contributed by atoms with Gasteiger partial charge in [-0.2, -0.15) is 0 Å². The molecular formula is C26H30N2O5. The molecule has 2 aliphatic rings. The zero-order valence-corrected chi connectivity index (χ0v) is 18.8. The van der Waals surface area contributed by atoms with Gasteiger partial charge in [0.25, 0.3) is 0 Å². The van der Waals surface area contributed by atoms with Crippen LogP contribution in [0.5, 0.6) is 0 Å². The maximum absolute atomic E-state index is 12.6. The molecule has 0 heterocycles. The number of hydrogen-bond donors (Lipinski definition) is 3. The summed E-state index contributed by atoms with van der Waals surface area (Å²) in [6.45, 7) is 1.93. The number of carboxylic acids is 1. The Morgan fingerprint density at radius 2 is 1.67 bits per heavy atom. The average molecular weight is 451 g/mol. The Bertz CT molecular complexity index is 991. The van der Waals surface area contributed by atoms with Gasteiger partial charge >= 0.3 is 12.1 Å². The predicted molar refractivity (Wildman–Crippen MR) is 124 cm³/mol. The lowest BCUT2D eigenvalue weighted by Crippen LogP contribution is -2.44. The Hall–Kier alpha value is -3.35. The molecule has 33 heavy (non-hydrogen) atoms. The van der Waals surface area contributed by atoms with E-state index in [0.717, 1.165) is 30.4 Å². The lowest BCUT2D eigenvalue weighted by Gasteiger charge is -2.29. The van der Waals surface area contributed by atoms with Crippen molar-refractivity contribution < 1.29 is 24.2 Å². The van der Waals surface area contributed by atoms with Crippen LogP contribution in [-0.4, -0.2) is 41.8 Å². The summed E-state index contributed by atoms with van der Waals surface area (Å²) >= 11 is 0. The third kappa shape index (κ3) is 5.35. The quantitative estimate of drug-likeness (QED) is 0.590. The molecule has 0 bridgehead atoms. The minimum absolute atomic E-state index is 0.00348. The normalized spacial score (nSPS) is 20.3. The number of fused-ring (bicyclic) bond motifs is 3. The summed E-state index contributed by atoms with van der Waals surface area (Å²) in [4.78, 5) is 35.9. The Kier molecular flexibility index (Phi) is 6.96. The van der Waals surface area contributed by atoms with Crippen molar-refractivity contribution in [3.63, 3.8) is 0 Å². The van der Waals surface area contributed by atoms with Gasteiger partial charge in [-0.3, -0.25) is 9.59 Å². The van der Waals surface area contributed by atoms with Crippen LogP contribution in [0.15, 0.2) is 48.5 Å². The van der Waals surface area contributed by atoms with Crippen molar-refractivity contribution in [2.24, 2.45) is 5.92 Å². The molecule has 3 N–H and O–H groups in total. The number of carbonyl (C=O) groups excluding carboxylic acids is 2. The van der Waals surface area contributed by atoms with Crippen LogP contribution in [0.1, 0.15) is 56.1 Å². The molecule has 1 fully saturated rings. The minimum Gasteiger partial charge on any atom is -0.481 e. The number of alkyl carbamates (subject to hydrolysis) is 1. The number of nitrogens with one attached hydrogen (secondary N) is 2.